The summed E-state index contributed by atoms with van der Waals surface area (Å²) in [6.07, 6.45) is 3.11. The Hall–Kier alpha value is -3.41. The number of nitrogens with zero attached hydrogens (tertiary/aromatic N) is 3. The summed E-state index contributed by atoms with van der Waals surface area (Å²) in [6.45, 7) is 0. The molecule has 3 aromatic heterocycles. The maximum Gasteiger partial charge on any atom is 0.323 e. The standard InChI is InChI=1S/C16H16N8O3S/c1-28(26,27)14-11-12(17-7-2-3-7)21-15(22-13(11)23-24-14)18-8-4-5-9-10(6-8)20-16(25)19-9/h4-7H,2-3H2,1H3,(H2,19,20,25)(H3,17,18,21,22,23,24). The van der Waals surface area contributed by atoms with E-state index in [1.54, 1.807) is 18.2 Å². The molecule has 3 heterocycles. The van der Waals surface area contributed by atoms with Crippen LogP contribution in [0.2, 0.25) is 0 Å². The van der Waals surface area contributed by atoms with Gasteiger partial charge in [-0.3, -0.25) is 5.10 Å². The van der Waals surface area contributed by atoms with E-state index < -0.39 is 9.84 Å². The van der Waals surface area contributed by atoms with Crippen LogP contribution in [0.1, 0.15) is 12.8 Å². The molecule has 11 nitrogen and oxygen atoms in total. The monoisotopic (exact) mass is 400 g/mol. The lowest BCUT2D eigenvalue weighted by atomic mass is 10.3. The quantitative estimate of drug-likeness (QED) is 0.334. The number of imidazole rings is 1. The van der Waals surface area contributed by atoms with Crippen molar-refractivity contribution in [2.24, 2.45) is 0 Å². The van der Waals surface area contributed by atoms with Crippen LogP contribution in [-0.4, -0.2) is 50.8 Å². The van der Waals surface area contributed by atoms with Crippen LogP contribution in [0.25, 0.3) is 22.1 Å². The highest BCUT2D eigenvalue weighted by atomic mass is 32.2. The number of benzene rings is 1. The van der Waals surface area contributed by atoms with Gasteiger partial charge in [-0.15, -0.1) is 0 Å². The number of rotatable bonds is 5. The van der Waals surface area contributed by atoms with Gasteiger partial charge >= 0.3 is 5.69 Å². The maximum absolute atomic E-state index is 12.1. The molecule has 144 valence electrons. The van der Waals surface area contributed by atoms with Gasteiger partial charge in [0.1, 0.15) is 11.2 Å². The first kappa shape index (κ1) is 16.7. The van der Waals surface area contributed by atoms with Crippen molar-refractivity contribution in [3.63, 3.8) is 0 Å². The summed E-state index contributed by atoms with van der Waals surface area (Å²) in [4.78, 5) is 25.6. The molecule has 0 unspecified atom stereocenters. The maximum atomic E-state index is 12.1. The number of aromatic amines is 3. The molecule has 0 amide bonds. The summed E-state index contributed by atoms with van der Waals surface area (Å²) in [5, 5.41) is 13.3. The second kappa shape index (κ2) is 5.79. The summed E-state index contributed by atoms with van der Waals surface area (Å²) in [5.41, 5.74) is 1.96. The minimum absolute atomic E-state index is 0.0106. The molecule has 0 saturated heterocycles. The van der Waals surface area contributed by atoms with Gasteiger partial charge in [-0.2, -0.15) is 15.1 Å². The van der Waals surface area contributed by atoms with Crippen molar-refractivity contribution < 1.29 is 8.42 Å². The molecule has 5 N–H and O–H groups in total. The lowest BCUT2D eigenvalue weighted by Crippen LogP contribution is -2.08. The zero-order valence-electron chi connectivity index (χ0n) is 14.7. The highest BCUT2D eigenvalue weighted by Gasteiger charge is 2.27. The molecule has 1 fully saturated rings. The SMILES string of the molecule is CS(=O)(=O)c1[nH]nc2nc(Nc3ccc4[nH]c(=O)[nH]c4c3)nc(NC3CC3)c12. The Morgan fingerprint density at radius 1 is 1.14 bits per heavy atom. The van der Waals surface area contributed by atoms with Crippen molar-refractivity contribution in [2.45, 2.75) is 23.9 Å². The number of hydrogen-bond acceptors (Lipinski definition) is 8. The fourth-order valence-electron chi connectivity index (χ4n) is 2.99. The van der Waals surface area contributed by atoms with E-state index in [0.29, 0.717) is 27.9 Å². The fourth-order valence-corrected chi connectivity index (χ4v) is 3.76. The first-order valence-electron chi connectivity index (χ1n) is 8.58. The second-order valence-corrected chi connectivity index (χ2v) is 8.76. The largest absolute Gasteiger partial charge is 0.367 e. The van der Waals surface area contributed by atoms with Crippen LogP contribution in [-0.2, 0) is 9.84 Å². The number of anilines is 3. The van der Waals surface area contributed by atoms with E-state index in [2.05, 4.69) is 40.8 Å². The molecule has 0 bridgehead atoms. The Morgan fingerprint density at radius 3 is 2.68 bits per heavy atom. The van der Waals surface area contributed by atoms with Crippen molar-refractivity contribution in [1.82, 2.24) is 30.1 Å². The number of H-pyrrole nitrogens is 3. The Kier molecular flexibility index (Phi) is 3.46. The van der Waals surface area contributed by atoms with Gasteiger partial charge in [0.2, 0.25) is 5.95 Å². The lowest BCUT2D eigenvalue weighted by molar-refractivity contribution is 0.598. The van der Waals surface area contributed by atoms with E-state index in [9.17, 15) is 13.2 Å². The predicted octanol–water partition coefficient (Wildman–Crippen LogP) is 1.24. The average Bonchev–Trinajstić information content (AvgIpc) is 3.18. The van der Waals surface area contributed by atoms with Gasteiger partial charge in [-0.25, -0.2) is 13.2 Å². The fraction of sp³-hybridized carbons (Fsp3) is 0.250. The molecular formula is C16H16N8O3S. The molecule has 0 aliphatic heterocycles. The Labute approximate surface area is 157 Å². The first-order chi connectivity index (χ1) is 13.4. The molecule has 12 heteroatoms. The molecule has 5 rings (SSSR count). The molecule has 1 aliphatic rings. The number of sulfone groups is 1. The van der Waals surface area contributed by atoms with Gasteiger partial charge < -0.3 is 20.6 Å². The molecule has 1 aromatic carbocycles. The van der Waals surface area contributed by atoms with E-state index >= 15 is 0 Å². The van der Waals surface area contributed by atoms with Crippen molar-refractivity contribution >= 4 is 49.4 Å². The number of fused-ring (bicyclic) bond motifs is 2. The average molecular weight is 400 g/mol. The van der Waals surface area contributed by atoms with Crippen molar-refractivity contribution in [2.75, 3.05) is 16.9 Å². The highest BCUT2D eigenvalue weighted by Crippen LogP contribution is 2.32. The molecule has 0 radical (unpaired) electrons. The number of hydrogen-bond donors (Lipinski definition) is 5. The Bertz CT molecular complexity index is 1380. The summed E-state index contributed by atoms with van der Waals surface area (Å²) in [6, 6.07) is 5.55. The molecule has 28 heavy (non-hydrogen) atoms. The second-order valence-electron chi connectivity index (χ2n) is 6.80. The van der Waals surface area contributed by atoms with Crippen molar-refractivity contribution in [1.29, 1.82) is 0 Å². The van der Waals surface area contributed by atoms with Crippen LogP contribution in [0.4, 0.5) is 17.5 Å². The van der Waals surface area contributed by atoms with E-state index in [-0.39, 0.29) is 28.4 Å². The predicted molar refractivity (Wildman–Crippen MR) is 104 cm³/mol. The third-order valence-electron chi connectivity index (χ3n) is 4.44. The molecule has 0 spiro atoms. The smallest absolute Gasteiger partial charge is 0.323 e. The Morgan fingerprint density at radius 2 is 1.93 bits per heavy atom. The van der Waals surface area contributed by atoms with E-state index in [4.69, 9.17) is 0 Å². The zero-order chi connectivity index (χ0) is 19.5. The van der Waals surface area contributed by atoms with Crippen LogP contribution >= 0.6 is 0 Å². The Balaban J connectivity index is 1.59. The minimum Gasteiger partial charge on any atom is -0.367 e. The first-order valence-corrected chi connectivity index (χ1v) is 10.5. The number of aromatic nitrogens is 6. The summed E-state index contributed by atoms with van der Waals surface area (Å²) in [7, 11) is -3.51. The van der Waals surface area contributed by atoms with E-state index in [1.807, 2.05) is 0 Å². The molecule has 0 atom stereocenters. The highest BCUT2D eigenvalue weighted by molar-refractivity contribution is 7.90. The third kappa shape index (κ3) is 2.97. The van der Waals surface area contributed by atoms with Crippen LogP contribution < -0.4 is 16.3 Å². The van der Waals surface area contributed by atoms with Crippen LogP contribution in [0.15, 0.2) is 28.0 Å². The molecule has 4 aromatic rings. The van der Waals surface area contributed by atoms with Crippen LogP contribution in [0, 0.1) is 0 Å². The number of nitrogens with one attached hydrogen (secondary N) is 5. The summed E-state index contributed by atoms with van der Waals surface area (Å²) >= 11 is 0. The van der Waals surface area contributed by atoms with Crippen molar-refractivity contribution in [3.8, 4) is 0 Å². The molecule has 1 saturated carbocycles. The molecule has 1 aliphatic carbocycles. The zero-order valence-corrected chi connectivity index (χ0v) is 15.5. The van der Waals surface area contributed by atoms with Crippen LogP contribution in [0.3, 0.4) is 0 Å². The van der Waals surface area contributed by atoms with Gasteiger partial charge in [-0.1, -0.05) is 0 Å². The third-order valence-corrected chi connectivity index (χ3v) is 5.48. The van der Waals surface area contributed by atoms with Gasteiger partial charge in [-0.05, 0) is 31.0 Å². The lowest BCUT2D eigenvalue weighted by Gasteiger charge is -2.10. The van der Waals surface area contributed by atoms with E-state index in [1.165, 1.54) is 0 Å². The van der Waals surface area contributed by atoms with Gasteiger partial charge in [0.05, 0.1) is 11.0 Å². The van der Waals surface area contributed by atoms with Crippen LogP contribution in [0.5, 0.6) is 0 Å². The van der Waals surface area contributed by atoms with Gasteiger partial charge in [0.15, 0.2) is 20.5 Å². The summed E-state index contributed by atoms with van der Waals surface area (Å²) < 4.78 is 24.1. The molecular weight excluding hydrogens is 384 g/mol. The topological polar surface area (TPSA) is 161 Å². The van der Waals surface area contributed by atoms with Gasteiger partial charge in [0.25, 0.3) is 0 Å². The minimum atomic E-state index is -3.51. The van der Waals surface area contributed by atoms with E-state index in [0.717, 1.165) is 19.1 Å². The summed E-state index contributed by atoms with van der Waals surface area (Å²) in [5.74, 6) is 0.680. The van der Waals surface area contributed by atoms with Gasteiger partial charge in [0, 0.05) is 18.0 Å². The van der Waals surface area contributed by atoms with Crippen molar-refractivity contribution in [3.05, 3.63) is 28.7 Å². The normalized spacial score (nSPS) is 14.6.